The van der Waals surface area contributed by atoms with Crippen LogP contribution in [0.1, 0.15) is 21.3 Å². The van der Waals surface area contributed by atoms with E-state index in [1.165, 1.54) is 12.3 Å². The quantitative estimate of drug-likeness (QED) is 0.680. The molecule has 3 rings (SSSR count). The minimum absolute atomic E-state index is 0.103. The SMILES string of the molecule is O=C(c1nccs1)c1nc(C(F)(F)F)nc2ccsc12. The molecule has 0 spiro atoms. The maximum Gasteiger partial charge on any atom is 0.451 e. The van der Waals surface area contributed by atoms with Crippen LogP contribution in [0.15, 0.2) is 23.0 Å². The van der Waals surface area contributed by atoms with E-state index in [9.17, 15) is 18.0 Å². The first kappa shape index (κ1) is 13.1. The van der Waals surface area contributed by atoms with Crippen molar-refractivity contribution in [3.63, 3.8) is 0 Å². The van der Waals surface area contributed by atoms with Gasteiger partial charge in [0.25, 0.3) is 0 Å². The molecule has 102 valence electrons. The summed E-state index contributed by atoms with van der Waals surface area (Å²) in [5, 5.41) is 3.24. The lowest BCUT2D eigenvalue weighted by Gasteiger charge is -2.06. The second-order valence-electron chi connectivity index (χ2n) is 3.69. The van der Waals surface area contributed by atoms with Gasteiger partial charge < -0.3 is 0 Å². The molecule has 0 aromatic carbocycles. The maximum absolute atomic E-state index is 12.8. The molecule has 3 aromatic heterocycles. The molecule has 4 nitrogen and oxygen atoms in total. The predicted octanol–water partition coefficient (Wildman–Crippen LogP) is 3.40. The van der Waals surface area contributed by atoms with E-state index < -0.39 is 17.8 Å². The first-order chi connectivity index (χ1) is 9.47. The van der Waals surface area contributed by atoms with Gasteiger partial charge in [0.05, 0.1) is 10.2 Å². The van der Waals surface area contributed by atoms with Gasteiger partial charge in [-0.3, -0.25) is 4.79 Å². The molecule has 0 aliphatic rings. The minimum atomic E-state index is -4.70. The zero-order valence-electron chi connectivity index (χ0n) is 9.51. The third-order valence-corrected chi connectivity index (χ3v) is 4.08. The Kier molecular flexibility index (Phi) is 3.02. The van der Waals surface area contributed by atoms with Crippen molar-refractivity contribution in [3.8, 4) is 0 Å². The number of carbonyl (C=O) groups is 1. The molecule has 0 fully saturated rings. The highest BCUT2D eigenvalue weighted by atomic mass is 32.1. The van der Waals surface area contributed by atoms with Gasteiger partial charge >= 0.3 is 6.18 Å². The number of ketones is 1. The van der Waals surface area contributed by atoms with Crippen molar-refractivity contribution < 1.29 is 18.0 Å². The minimum Gasteiger partial charge on any atom is -0.284 e. The third kappa shape index (κ3) is 2.18. The molecule has 0 bridgehead atoms. The number of alkyl halides is 3. The summed E-state index contributed by atoms with van der Waals surface area (Å²) < 4.78 is 38.6. The van der Waals surface area contributed by atoms with Crippen molar-refractivity contribution in [2.45, 2.75) is 6.18 Å². The normalized spacial score (nSPS) is 11.9. The molecule has 0 saturated carbocycles. The number of halogens is 3. The summed E-state index contributed by atoms with van der Waals surface area (Å²) >= 11 is 2.18. The average Bonchev–Trinajstić information content (AvgIpc) is 3.06. The Morgan fingerprint density at radius 1 is 1.15 bits per heavy atom. The fourth-order valence-electron chi connectivity index (χ4n) is 1.58. The van der Waals surface area contributed by atoms with Crippen LogP contribution in [0.25, 0.3) is 10.2 Å². The number of hydrogen-bond donors (Lipinski definition) is 0. The molecule has 0 aliphatic carbocycles. The van der Waals surface area contributed by atoms with Gasteiger partial charge in [-0.25, -0.2) is 15.0 Å². The van der Waals surface area contributed by atoms with Crippen LogP contribution in [0.4, 0.5) is 13.2 Å². The van der Waals surface area contributed by atoms with E-state index in [2.05, 4.69) is 15.0 Å². The first-order valence-corrected chi connectivity index (χ1v) is 6.99. The zero-order chi connectivity index (χ0) is 14.3. The lowest BCUT2D eigenvalue weighted by Crippen LogP contribution is -2.15. The largest absolute Gasteiger partial charge is 0.451 e. The highest BCUT2D eigenvalue weighted by molar-refractivity contribution is 7.17. The van der Waals surface area contributed by atoms with Crippen LogP contribution in [0.5, 0.6) is 0 Å². The van der Waals surface area contributed by atoms with E-state index >= 15 is 0 Å². The molecule has 9 heteroatoms. The standard InChI is InChI=1S/C11H4F3N3OS2/c12-11(13,14)10-16-5-1-3-19-8(5)6(17-10)7(18)9-15-2-4-20-9/h1-4H. The van der Waals surface area contributed by atoms with Crippen LogP contribution in [0.2, 0.25) is 0 Å². The zero-order valence-corrected chi connectivity index (χ0v) is 11.1. The number of thiazole rings is 1. The summed E-state index contributed by atoms with van der Waals surface area (Å²) in [6.45, 7) is 0. The molecule has 0 saturated heterocycles. The number of aromatic nitrogens is 3. The summed E-state index contributed by atoms with van der Waals surface area (Å²) in [5.41, 5.74) is -0.149. The number of nitrogens with zero attached hydrogens (tertiary/aromatic N) is 3. The fraction of sp³-hybridized carbons (Fsp3) is 0.0909. The van der Waals surface area contributed by atoms with E-state index in [4.69, 9.17) is 0 Å². The lowest BCUT2D eigenvalue weighted by atomic mass is 10.2. The summed E-state index contributed by atoms with van der Waals surface area (Å²) in [6, 6.07) is 1.43. The highest BCUT2D eigenvalue weighted by Gasteiger charge is 2.36. The van der Waals surface area contributed by atoms with Gasteiger partial charge in [0.1, 0.15) is 5.69 Å². The van der Waals surface area contributed by atoms with Crippen LogP contribution in [-0.4, -0.2) is 20.7 Å². The van der Waals surface area contributed by atoms with Crippen LogP contribution in [0.3, 0.4) is 0 Å². The Labute approximate surface area is 117 Å². The molecule has 0 N–H and O–H groups in total. The number of hydrogen-bond acceptors (Lipinski definition) is 6. The Morgan fingerprint density at radius 2 is 1.95 bits per heavy atom. The van der Waals surface area contributed by atoms with E-state index in [1.807, 2.05) is 0 Å². The lowest BCUT2D eigenvalue weighted by molar-refractivity contribution is -0.144. The van der Waals surface area contributed by atoms with Crippen LogP contribution in [0, 0.1) is 0 Å². The molecule has 3 heterocycles. The Balaban J connectivity index is 2.23. The third-order valence-electron chi connectivity index (χ3n) is 2.40. The summed E-state index contributed by atoms with van der Waals surface area (Å²) in [5.74, 6) is -1.94. The van der Waals surface area contributed by atoms with Crippen molar-refractivity contribution in [2.24, 2.45) is 0 Å². The second kappa shape index (κ2) is 4.60. The number of rotatable bonds is 2. The van der Waals surface area contributed by atoms with Gasteiger partial charge in [0.15, 0.2) is 5.01 Å². The Bertz CT molecular complexity index is 780. The van der Waals surface area contributed by atoms with Crippen molar-refractivity contribution in [3.05, 3.63) is 39.5 Å². The number of carbonyl (C=O) groups excluding carboxylic acids is 1. The molecule has 20 heavy (non-hydrogen) atoms. The topological polar surface area (TPSA) is 55.7 Å². The summed E-state index contributed by atoms with van der Waals surface area (Å²) in [7, 11) is 0. The monoisotopic (exact) mass is 315 g/mol. The van der Waals surface area contributed by atoms with E-state index in [-0.39, 0.29) is 16.2 Å². The molecule has 0 atom stereocenters. The summed E-state index contributed by atoms with van der Waals surface area (Å²) in [4.78, 5) is 22.8. The molecular weight excluding hydrogens is 311 g/mol. The molecule has 0 amide bonds. The van der Waals surface area contributed by atoms with Crippen molar-refractivity contribution >= 4 is 38.7 Å². The Morgan fingerprint density at radius 3 is 2.60 bits per heavy atom. The predicted molar refractivity (Wildman–Crippen MR) is 68.0 cm³/mol. The summed E-state index contributed by atoms with van der Waals surface area (Å²) in [6.07, 6.45) is -3.29. The van der Waals surface area contributed by atoms with Gasteiger partial charge in [0, 0.05) is 11.6 Å². The number of thiophene rings is 1. The van der Waals surface area contributed by atoms with Gasteiger partial charge in [-0.1, -0.05) is 0 Å². The molecule has 0 radical (unpaired) electrons. The fourth-order valence-corrected chi connectivity index (χ4v) is 2.97. The average molecular weight is 315 g/mol. The van der Waals surface area contributed by atoms with E-state index in [0.29, 0.717) is 4.70 Å². The van der Waals surface area contributed by atoms with Gasteiger partial charge in [-0.2, -0.15) is 13.2 Å². The molecule has 0 unspecified atom stereocenters. The van der Waals surface area contributed by atoms with E-state index in [1.54, 1.807) is 10.8 Å². The maximum atomic E-state index is 12.8. The van der Waals surface area contributed by atoms with Gasteiger partial charge in [-0.15, -0.1) is 22.7 Å². The molecule has 0 aliphatic heterocycles. The van der Waals surface area contributed by atoms with Gasteiger partial charge in [-0.05, 0) is 11.4 Å². The molecular formula is C11H4F3N3OS2. The van der Waals surface area contributed by atoms with Crippen molar-refractivity contribution in [1.82, 2.24) is 15.0 Å². The highest BCUT2D eigenvalue weighted by Crippen LogP contribution is 2.31. The number of fused-ring (bicyclic) bond motifs is 1. The second-order valence-corrected chi connectivity index (χ2v) is 5.51. The van der Waals surface area contributed by atoms with Crippen LogP contribution >= 0.6 is 22.7 Å². The van der Waals surface area contributed by atoms with E-state index in [0.717, 1.165) is 22.7 Å². The van der Waals surface area contributed by atoms with Crippen molar-refractivity contribution in [1.29, 1.82) is 0 Å². The van der Waals surface area contributed by atoms with Crippen LogP contribution in [-0.2, 0) is 6.18 Å². The first-order valence-electron chi connectivity index (χ1n) is 5.23. The van der Waals surface area contributed by atoms with Crippen LogP contribution < -0.4 is 0 Å². The molecule has 3 aromatic rings. The Hall–Kier alpha value is -1.87. The smallest absolute Gasteiger partial charge is 0.284 e. The van der Waals surface area contributed by atoms with Crippen molar-refractivity contribution in [2.75, 3.05) is 0 Å². The van der Waals surface area contributed by atoms with Gasteiger partial charge in [0.2, 0.25) is 11.6 Å².